The van der Waals surface area contributed by atoms with Gasteiger partial charge >= 0.3 is 0 Å². The van der Waals surface area contributed by atoms with Crippen molar-refractivity contribution >= 4 is 11.8 Å². The van der Waals surface area contributed by atoms with Crippen LogP contribution in [0.5, 0.6) is 0 Å². The fraction of sp³-hybridized carbons (Fsp3) is 0.778. The molecule has 1 unspecified atom stereocenters. The van der Waals surface area contributed by atoms with E-state index in [4.69, 9.17) is 5.11 Å². The number of aliphatic hydroxyl groups excluding tert-OH is 1. The van der Waals surface area contributed by atoms with Gasteiger partial charge in [-0.3, -0.25) is 14.5 Å². The summed E-state index contributed by atoms with van der Waals surface area (Å²) in [4.78, 5) is 24.3. The van der Waals surface area contributed by atoms with Gasteiger partial charge in [-0.2, -0.15) is 0 Å². The zero-order chi connectivity index (χ0) is 9.64. The van der Waals surface area contributed by atoms with Gasteiger partial charge in [0.15, 0.2) is 0 Å². The van der Waals surface area contributed by atoms with E-state index in [-0.39, 0.29) is 24.3 Å². The van der Waals surface area contributed by atoms with Gasteiger partial charge in [0, 0.05) is 12.3 Å². The number of nitrogens with zero attached hydrogens (tertiary/aromatic N) is 1. The van der Waals surface area contributed by atoms with Crippen molar-refractivity contribution in [3.63, 3.8) is 0 Å². The topological polar surface area (TPSA) is 57.6 Å². The van der Waals surface area contributed by atoms with E-state index in [2.05, 4.69) is 0 Å². The van der Waals surface area contributed by atoms with Crippen LogP contribution >= 0.6 is 0 Å². The summed E-state index contributed by atoms with van der Waals surface area (Å²) in [6.45, 7) is 1.67. The summed E-state index contributed by atoms with van der Waals surface area (Å²) in [5.74, 6) is -0.433. The molecule has 1 heterocycles. The lowest BCUT2D eigenvalue weighted by Crippen LogP contribution is -2.44. The van der Waals surface area contributed by atoms with Crippen molar-refractivity contribution in [2.45, 2.75) is 31.7 Å². The molecule has 0 aromatic carbocycles. The number of carbonyl (C=O) groups is 2. The molecule has 0 aromatic rings. The third-order valence-corrected chi connectivity index (χ3v) is 2.97. The molecule has 2 amide bonds. The molecule has 4 heteroatoms. The summed E-state index contributed by atoms with van der Waals surface area (Å²) >= 11 is 0. The average molecular weight is 183 g/mol. The number of amides is 2. The molecule has 4 nitrogen and oxygen atoms in total. The average Bonchev–Trinajstić information content (AvgIpc) is 2.81. The Morgan fingerprint density at radius 1 is 1.54 bits per heavy atom. The second kappa shape index (κ2) is 2.54. The Balaban J connectivity index is 2.24. The molecule has 72 valence electrons. The van der Waals surface area contributed by atoms with Gasteiger partial charge in [0.2, 0.25) is 11.8 Å². The highest BCUT2D eigenvalue weighted by molar-refractivity contribution is 6.04. The van der Waals surface area contributed by atoms with Gasteiger partial charge in [-0.15, -0.1) is 0 Å². The van der Waals surface area contributed by atoms with Gasteiger partial charge in [-0.25, -0.2) is 0 Å². The number of hydrogen-bond donors (Lipinski definition) is 1. The largest absolute Gasteiger partial charge is 0.394 e. The second-order valence-electron chi connectivity index (χ2n) is 4.06. The van der Waals surface area contributed by atoms with E-state index < -0.39 is 5.54 Å². The maximum atomic E-state index is 11.6. The second-order valence-corrected chi connectivity index (χ2v) is 4.06. The Morgan fingerprint density at radius 2 is 2.15 bits per heavy atom. The van der Waals surface area contributed by atoms with Crippen LogP contribution in [0, 0.1) is 5.92 Å². The van der Waals surface area contributed by atoms with E-state index >= 15 is 0 Å². The van der Waals surface area contributed by atoms with E-state index in [0.29, 0.717) is 6.42 Å². The molecule has 1 saturated carbocycles. The number of rotatable bonds is 2. The molecule has 2 fully saturated rings. The van der Waals surface area contributed by atoms with Crippen molar-refractivity contribution in [2.75, 3.05) is 6.61 Å². The maximum absolute atomic E-state index is 11.6. The smallest absolute Gasteiger partial charge is 0.233 e. The summed E-state index contributed by atoms with van der Waals surface area (Å²) in [6, 6.07) is 0. The van der Waals surface area contributed by atoms with Crippen LogP contribution in [0.25, 0.3) is 0 Å². The molecule has 2 rings (SSSR count). The van der Waals surface area contributed by atoms with Crippen molar-refractivity contribution < 1.29 is 14.7 Å². The van der Waals surface area contributed by atoms with Gasteiger partial charge < -0.3 is 5.11 Å². The van der Waals surface area contributed by atoms with Crippen LogP contribution in [0.15, 0.2) is 0 Å². The number of likely N-dealkylation sites (tertiary alicyclic amines) is 1. The first-order valence-corrected chi connectivity index (χ1v) is 4.58. The molecule has 0 radical (unpaired) electrons. The molecule has 1 saturated heterocycles. The van der Waals surface area contributed by atoms with Crippen LogP contribution in [-0.4, -0.2) is 34.0 Å². The predicted molar refractivity (Wildman–Crippen MR) is 44.7 cm³/mol. The molecule has 1 aliphatic heterocycles. The molecule has 1 aliphatic carbocycles. The van der Waals surface area contributed by atoms with Gasteiger partial charge in [0.25, 0.3) is 0 Å². The molecule has 1 N–H and O–H groups in total. The minimum atomic E-state index is -0.515. The molecule has 0 aromatic heterocycles. The normalized spacial score (nSPS) is 31.2. The highest BCUT2D eigenvalue weighted by atomic mass is 16.3. The summed E-state index contributed by atoms with van der Waals surface area (Å²) in [5.41, 5.74) is -0.515. The minimum Gasteiger partial charge on any atom is -0.394 e. The first-order chi connectivity index (χ1) is 6.10. The highest BCUT2D eigenvalue weighted by Gasteiger charge is 2.55. The van der Waals surface area contributed by atoms with Crippen molar-refractivity contribution in [2.24, 2.45) is 5.92 Å². The van der Waals surface area contributed by atoms with Crippen molar-refractivity contribution in [3.05, 3.63) is 0 Å². The summed E-state index contributed by atoms with van der Waals surface area (Å²) < 4.78 is 0. The van der Waals surface area contributed by atoms with Crippen molar-refractivity contribution in [1.29, 1.82) is 0 Å². The first kappa shape index (κ1) is 8.69. The third kappa shape index (κ3) is 1.09. The number of imide groups is 1. The summed E-state index contributed by atoms with van der Waals surface area (Å²) in [5, 5.41) is 9.09. The molecule has 2 aliphatic rings. The quantitative estimate of drug-likeness (QED) is 0.608. The third-order valence-electron chi connectivity index (χ3n) is 2.97. The molecule has 0 bridgehead atoms. The van der Waals surface area contributed by atoms with Crippen molar-refractivity contribution in [3.8, 4) is 0 Å². The SMILES string of the molecule is CC1CC(=O)N(C2(CO)CC2)C1=O. The minimum absolute atomic E-state index is 0.0861. The lowest BCUT2D eigenvalue weighted by atomic mass is 10.1. The van der Waals surface area contributed by atoms with Crippen LogP contribution in [0.2, 0.25) is 0 Å². The Hall–Kier alpha value is -0.900. The number of hydrogen-bond acceptors (Lipinski definition) is 3. The van der Waals surface area contributed by atoms with Gasteiger partial charge in [0.1, 0.15) is 0 Å². The molecule has 0 spiro atoms. The van der Waals surface area contributed by atoms with Crippen LogP contribution in [-0.2, 0) is 9.59 Å². The Labute approximate surface area is 76.5 Å². The fourth-order valence-electron chi connectivity index (χ4n) is 1.88. The van der Waals surface area contributed by atoms with Crippen LogP contribution in [0.4, 0.5) is 0 Å². The summed E-state index contributed by atoms with van der Waals surface area (Å²) in [6.07, 6.45) is 1.82. The summed E-state index contributed by atoms with van der Waals surface area (Å²) in [7, 11) is 0. The Bertz CT molecular complexity index is 270. The van der Waals surface area contributed by atoms with Crippen LogP contribution in [0.3, 0.4) is 0 Å². The van der Waals surface area contributed by atoms with Crippen molar-refractivity contribution in [1.82, 2.24) is 4.90 Å². The monoisotopic (exact) mass is 183 g/mol. The predicted octanol–water partition coefficient (Wildman–Crippen LogP) is -0.0937. The van der Waals surface area contributed by atoms with E-state index in [9.17, 15) is 9.59 Å². The van der Waals surface area contributed by atoms with Gasteiger partial charge in [-0.05, 0) is 12.8 Å². The van der Waals surface area contributed by atoms with Gasteiger partial charge in [0.05, 0.1) is 12.1 Å². The van der Waals surface area contributed by atoms with E-state index in [1.807, 2.05) is 0 Å². The first-order valence-electron chi connectivity index (χ1n) is 4.58. The number of aliphatic hydroxyl groups is 1. The van der Waals surface area contributed by atoms with E-state index in [0.717, 1.165) is 12.8 Å². The fourth-order valence-corrected chi connectivity index (χ4v) is 1.88. The number of carbonyl (C=O) groups excluding carboxylic acids is 2. The lowest BCUT2D eigenvalue weighted by molar-refractivity contribution is -0.144. The maximum Gasteiger partial charge on any atom is 0.233 e. The lowest BCUT2D eigenvalue weighted by Gasteiger charge is -2.23. The zero-order valence-corrected chi connectivity index (χ0v) is 7.62. The molecule has 13 heavy (non-hydrogen) atoms. The highest BCUT2D eigenvalue weighted by Crippen LogP contribution is 2.44. The zero-order valence-electron chi connectivity index (χ0n) is 7.62. The van der Waals surface area contributed by atoms with Gasteiger partial charge in [-0.1, -0.05) is 6.92 Å². The Morgan fingerprint density at radius 3 is 2.46 bits per heavy atom. The van der Waals surface area contributed by atoms with E-state index in [1.165, 1.54) is 4.90 Å². The molecule has 1 atom stereocenters. The van der Waals surface area contributed by atoms with Crippen LogP contribution in [0.1, 0.15) is 26.2 Å². The Kier molecular flexibility index (Phi) is 1.70. The van der Waals surface area contributed by atoms with Crippen LogP contribution < -0.4 is 0 Å². The molecular formula is C9H13NO3. The standard InChI is InChI=1S/C9H13NO3/c1-6-4-7(12)10(8(6)13)9(5-11)2-3-9/h6,11H,2-5H2,1H3. The van der Waals surface area contributed by atoms with E-state index in [1.54, 1.807) is 6.92 Å². The molecular weight excluding hydrogens is 170 g/mol.